The summed E-state index contributed by atoms with van der Waals surface area (Å²) in [5.74, 6) is 2.11. The summed E-state index contributed by atoms with van der Waals surface area (Å²) in [4.78, 5) is 7.09. The van der Waals surface area contributed by atoms with E-state index in [9.17, 15) is 0 Å². The van der Waals surface area contributed by atoms with Crippen LogP contribution in [0, 0.1) is 0 Å². The van der Waals surface area contributed by atoms with E-state index in [1.54, 1.807) is 6.26 Å². The molecule has 4 heteroatoms. The fraction of sp³-hybridized carbons (Fsp3) is 0.667. The molecule has 1 aliphatic heterocycles. The van der Waals surface area contributed by atoms with Gasteiger partial charge in [0.15, 0.2) is 5.96 Å². The van der Waals surface area contributed by atoms with Gasteiger partial charge in [0.25, 0.3) is 0 Å². The summed E-state index contributed by atoms with van der Waals surface area (Å²) in [6, 6.07) is 3.96. The van der Waals surface area contributed by atoms with Crippen LogP contribution in [0.15, 0.2) is 27.8 Å². The van der Waals surface area contributed by atoms with Gasteiger partial charge in [0.05, 0.1) is 6.26 Å². The minimum absolute atomic E-state index is 0.884. The van der Waals surface area contributed by atoms with Gasteiger partial charge in [0.2, 0.25) is 0 Å². The Morgan fingerprint density at radius 3 is 2.95 bits per heavy atom. The van der Waals surface area contributed by atoms with Gasteiger partial charge in [0, 0.05) is 32.6 Å². The summed E-state index contributed by atoms with van der Waals surface area (Å²) in [5.41, 5.74) is 0. The molecule has 2 heterocycles. The Bertz CT molecular complexity index is 367. The van der Waals surface area contributed by atoms with Gasteiger partial charge in [-0.25, -0.2) is 0 Å². The first-order valence-corrected chi connectivity index (χ1v) is 7.46. The molecule has 0 bridgehead atoms. The number of rotatable bonds is 6. The number of unbranched alkanes of at least 4 members (excludes halogenated alkanes) is 1. The Morgan fingerprint density at radius 1 is 1.42 bits per heavy atom. The van der Waals surface area contributed by atoms with Crippen molar-refractivity contribution in [3.8, 4) is 0 Å². The zero-order valence-electron chi connectivity index (χ0n) is 11.9. The van der Waals surface area contributed by atoms with E-state index in [1.165, 1.54) is 19.3 Å². The number of likely N-dealkylation sites (tertiary alicyclic amines) is 1. The molecule has 0 atom stereocenters. The Hall–Kier alpha value is -1.45. The maximum atomic E-state index is 5.35. The minimum Gasteiger partial charge on any atom is -0.469 e. The van der Waals surface area contributed by atoms with Crippen molar-refractivity contribution in [2.75, 3.05) is 26.2 Å². The molecule has 1 aromatic rings. The molecular weight excluding hydrogens is 238 g/mol. The maximum Gasteiger partial charge on any atom is 0.193 e. The molecule has 0 amide bonds. The maximum absolute atomic E-state index is 5.35. The van der Waals surface area contributed by atoms with Crippen molar-refractivity contribution >= 4 is 5.96 Å². The summed E-state index contributed by atoms with van der Waals surface area (Å²) in [7, 11) is 0. The number of hydrogen-bond donors (Lipinski definition) is 1. The molecule has 1 aliphatic rings. The number of nitrogens with one attached hydrogen (secondary N) is 1. The average Bonchev–Trinajstić information content (AvgIpc) is 3.10. The lowest BCUT2D eigenvalue weighted by molar-refractivity contribution is 0.480. The number of guanidine groups is 1. The molecule has 106 valence electrons. The van der Waals surface area contributed by atoms with Crippen LogP contribution in [-0.2, 0) is 6.42 Å². The van der Waals surface area contributed by atoms with Crippen LogP contribution < -0.4 is 5.32 Å². The Balaban J connectivity index is 1.80. The lowest BCUT2D eigenvalue weighted by atomic mass is 10.3. The fourth-order valence-corrected chi connectivity index (χ4v) is 2.29. The minimum atomic E-state index is 0.884. The van der Waals surface area contributed by atoms with Crippen molar-refractivity contribution in [1.29, 1.82) is 0 Å². The first-order chi connectivity index (χ1) is 9.40. The van der Waals surface area contributed by atoms with Crippen molar-refractivity contribution in [1.82, 2.24) is 10.2 Å². The summed E-state index contributed by atoms with van der Waals surface area (Å²) < 4.78 is 5.35. The largest absolute Gasteiger partial charge is 0.469 e. The Morgan fingerprint density at radius 2 is 2.26 bits per heavy atom. The van der Waals surface area contributed by atoms with Crippen molar-refractivity contribution in [3.05, 3.63) is 24.2 Å². The van der Waals surface area contributed by atoms with Crippen LogP contribution in [-0.4, -0.2) is 37.0 Å². The van der Waals surface area contributed by atoms with E-state index in [4.69, 9.17) is 9.41 Å². The van der Waals surface area contributed by atoms with Crippen molar-refractivity contribution in [2.45, 2.75) is 39.0 Å². The molecule has 19 heavy (non-hydrogen) atoms. The normalized spacial score (nSPS) is 16.1. The highest BCUT2D eigenvalue weighted by molar-refractivity contribution is 5.80. The van der Waals surface area contributed by atoms with Crippen LogP contribution in [0.25, 0.3) is 0 Å². The van der Waals surface area contributed by atoms with Gasteiger partial charge in [-0.3, -0.25) is 4.99 Å². The molecule has 2 rings (SSSR count). The molecular formula is C15H25N3O. The zero-order chi connectivity index (χ0) is 13.3. The first kappa shape index (κ1) is 14.0. The summed E-state index contributed by atoms with van der Waals surface area (Å²) in [5, 5.41) is 3.47. The standard InChI is InChI=1S/C15H25N3O/c1-2-3-9-16-15(18-11-4-5-12-18)17-10-8-14-7-6-13-19-14/h6-7,13H,2-5,8-12H2,1H3,(H,16,17). The van der Waals surface area contributed by atoms with Crippen molar-refractivity contribution in [3.63, 3.8) is 0 Å². The molecule has 1 N–H and O–H groups in total. The Labute approximate surface area is 115 Å². The van der Waals surface area contributed by atoms with E-state index in [2.05, 4.69) is 17.1 Å². The third kappa shape index (κ3) is 4.62. The van der Waals surface area contributed by atoms with E-state index < -0.39 is 0 Å². The second-order valence-corrected chi connectivity index (χ2v) is 5.01. The summed E-state index contributed by atoms with van der Waals surface area (Å²) in [6.07, 6.45) is 7.57. The van der Waals surface area contributed by atoms with Gasteiger partial charge in [-0.1, -0.05) is 13.3 Å². The van der Waals surface area contributed by atoms with Crippen molar-refractivity contribution < 1.29 is 4.42 Å². The lowest BCUT2D eigenvalue weighted by Gasteiger charge is -2.21. The highest BCUT2D eigenvalue weighted by Crippen LogP contribution is 2.08. The van der Waals surface area contributed by atoms with Crippen LogP contribution >= 0.6 is 0 Å². The molecule has 1 saturated heterocycles. The van der Waals surface area contributed by atoms with Crippen LogP contribution in [0.2, 0.25) is 0 Å². The third-order valence-corrected chi connectivity index (χ3v) is 3.41. The van der Waals surface area contributed by atoms with Crippen molar-refractivity contribution in [2.24, 2.45) is 4.99 Å². The molecule has 1 aromatic heterocycles. The predicted molar refractivity (Wildman–Crippen MR) is 78.4 cm³/mol. The van der Waals surface area contributed by atoms with Gasteiger partial charge in [-0.05, 0) is 31.4 Å². The molecule has 4 nitrogen and oxygen atoms in total. The van der Waals surface area contributed by atoms with Crippen LogP contribution in [0.1, 0.15) is 38.4 Å². The SMILES string of the molecule is CCCCN=C(NCCc1ccco1)N1CCCC1. The van der Waals surface area contributed by atoms with E-state index in [0.29, 0.717) is 0 Å². The zero-order valence-corrected chi connectivity index (χ0v) is 11.9. The first-order valence-electron chi connectivity index (χ1n) is 7.46. The smallest absolute Gasteiger partial charge is 0.193 e. The van der Waals surface area contributed by atoms with Gasteiger partial charge in [-0.15, -0.1) is 0 Å². The van der Waals surface area contributed by atoms with Gasteiger partial charge < -0.3 is 14.6 Å². The summed E-state index contributed by atoms with van der Waals surface area (Å²) in [6.45, 7) is 6.29. The monoisotopic (exact) mass is 263 g/mol. The number of nitrogens with zero attached hydrogens (tertiary/aromatic N) is 2. The van der Waals surface area contributed by atoms with Crippen LogP contribution in [0.4, 0.5) is 0 Å². The molecule has 0 aliphatic carbocycles. The van der Waals surface area contributed by atoms with E-state index in [1.807, 2.05) is 12.1 Å². The second kappa shape index (κ2) is 7.87. The number of aliphatic imine (C=N–C) groups is 1. The van der Waals surface area contributed by atoms with Crippen LogP contribution in [0.3, 0.4) is 0 Å². The third-order valence-electron chi connectivity index (χ3n) is 3.41. The fourth-order valence-electron chi connectivity index (χ4n) is 2.29. The van der Waals surface area contributed by atoms with E-state index >= 15 is 0 Å². The molecule has 0 spiro atoms. The topological polar surface area (TPSA) is 40.8 Å². The number of furan rings is 1. The quantitative estimate of drug-likeness (QED) is 0.487. The Kier molecular flexibility index (Phi) is 5.79. The molecule has 0 aromatic carbocycles. The second-order valence-electron chi connectivity index (χ2n) is 5.01. The lowest BCUT2D eigenvalue weighted by Crippen LogP contribution is -2.40. The molecule has 0 radical (unpaired) electrons. The average molecular weight is 263 g/mol. The highest BCUT2D eigenvalue weighted by atomic mass is 16.3. The van der Waals surface area contributed by atoms with Gasteiger partial charge in [0.1, 0.15) is 5.76 Å². The van der Waals surface area contributed by atoms with Crippen LogP contribution in [0.5, 0.6) is 0 Å². The highest BCUT2D eigenvalue weighted by Gasteiger charge is 2.15. The van der Waals surface area contributed by atoms with E-state index in [-0.39, 0.29) is 0 Å². The number of hydrogen-bond acceptors (Lipinski definition) is 2. The summed E-state index contributed by atoms with van der Waals surface area (Å²) >= 11 is 0. The predicted octanol–water partition coefficient (Wildman–Crippen LogP) is 2.66. The molecule has 0 saturated carbocycles. The molecule has 0 unspecified atom stereocenters. The molecule has 1 fully saturated rings. The van der Waals surface area contributed by atoms with Gasteiger partial charge in [-0.2, -0.15) is 0 Å². The van der Waals surface area contributed by atoms with E-state index in [0.717, 1.165) is 50.7 Å². The van der Waals surface area contributed by atoms with Gasteiger partial charge >= 0.3 is 0 Å².